The predicted octanol–water partition coefficient (Wildman–Crippen LogP) is 2.58. The Bertz CT molecular complexity index is 498. The summed E-state index contributed by atoms with van der Waals surface area (Å²) in [5.41, 5.74) is 1.36. The second-order valence-corrected chi connectivity index (χ2v) is 7.84. The first-order valence-corrected chi connectivity index (χ1v) is 9.76. The highest BCUT2D eigenvalue weighted by Gasteiger charge is 2.41. The fourth-order valence-electron chi connectivity index (χ4n) is 3.18. The number of carbonyl (C=O) groups is 1. The van der Waals surface area contributed by atoms with Crippen molar-refractivity contribution in [1.29, 1.82) is 0 Å². The molecule has 1 amide bonds. The van der Waals surface area contributed by atoms with E-state index in [1.807, 2.05) is 4.90 Å². The third kappa shape index (κ3) is 3.60. The smallest absolute Gasteiger partial charge is 0.222 e. The van der Waals surface area contributed by atoms with Gasteiger partial charge >= 0.3 is 0 Å². The van der Waals surface area contributed by atoms with Gasteiger partial charge in [-0.2, -0.15) is 11.8 Å². The van der Waals surface area contributed by atoms with E-state index in [0.29, 0.717) is 12.3 Å². The standard InChI is InChI=1S/C15H22N2O2S2/c1-20-9-13-16-12(8-21-13)3-6-17-10-15(4-2-14(17)18)5-7-19-11-15/h8H,2-7,9-11H2,1H3. The largest absolute Gasteiger partial charge is 0.381 e. The normalized spacial score (nSPS) is 26.0. The molecule has 0 radical (unpaired) electrons. The molecule has 1 aromatic heterocycles. The highest BCUT2D eigenvalue weighted by atomic mass is 32.2. The molecule has 116 valence electrons. The first kappa shape index (κ1) is 15.3. The Morgan fingerprint density at radius 2 is 2.43 bits per heavy atom. The Hall–Kier alpha value is -0.590. The molecule has 2 fully saturated rings. The highest BCUT2D eigenvalue weighted by molar-refractivity contribution is 7.97. The number of thioether (sulfide) groups is 1. The van der Waals surface area contributed by atoms with E-state index in [0.717, 1.165) is 57.0 Å². The molecular formula is C15H22N2O2S2. The highest BCUT2D eigenvalue weighted by Crippen LogP contribution is 2.38. The van der Waals surface area contributed by atoms with Crippen molar-refractivity contribution in [1.82, 2.24) is 9.88 Å². The van der Waals surface area contributed by atoms with E-state index >= 15 is 0 Å². The number of piperidine rings is 1. The van der Waals surface area contributed by atoms with Gasteiger partial charge in [-0.25, -0.2) is 4.98 Å². The molecule has 1 spiro atoms. The van der Waals surface area contributed by atoms with Gasteiger partial charge in [-0.15, -0.1) is 11.3 Å². The molecular weight excluding hydrogens is 304 g/mol. The van der Waals surface area contributed by atoms with Gasteiger partial charge in [0, 0.05) is 49.1 Å². The quantitative estimate of drug-likeness (QED) is 0.834. The summed E-state index contributed by atoms with van der Waals surface area (Å²) in [4.78, 5) is 18.8. The average Bonchev–Trinajstić information content (AvgIpc) is 3.11. The molecule has 3 heterocycles. The summed E-state index contributed by atoms with van der Waals surface area (Å²) in [7, 11) is 0. The summed E-state index contributed by atoms with van der Waals surface area (Å²) in [6.45, 7) is 3.34. The van der Waals surface area contributed by atoms with Gasteiger partial charge in [0.25, 0.3) is 0 Å². The van der Waals surface area contributed by atoms with E-state index in [-0.39, 0.29) is 5.41 Å². The van der Waals surface area contributed by atoms with Crippen molar-refractivity contribution in [2.24, 2.45) is 5.41 Å². The van der Waals surface area contributed by atoms with Crippen molar-refractivity contribution in [3.8, 4) is 0 Å². The predicted molar refractivity (Wildman–Crippen MR) is 86.7 cm³/mol. The molecule has 2 saturated heterocycles. The van der Waals surface area contributed by atoms with Crippen LogP contribution in [-0.4, -0.2) is 48.4 Å². The molecule has 1 atom stereocenters. The zero-order valence-electron chi connectivity index (χ0n) is 12.5. The van der Waals surface area contributed by atoms with Crippen LogP contribution in [0.1, 0.15) is 30.0 Å². The second-order valence-electron chi connectivity index (χ2n) is 6.03. The van der Waals surface area contributed by atoms with Crippen LogP contribution in [0.2, 0.25) is 0 Å². The van der Waals surface area contributed by atoms with Crippen LogP contribution in [0.4, 0.5) is 0 Å². The Morgan fingerprint density at radius 3 is 3.19 bits per heavy atom. The summed E-state index contributed by atoms with van der Waals surface area (Å²) >= 11 is 3.52. The summed E-state index contributed by atoms with van der Waals surface area (Å²) in [5, 5.41) is 3.32. The van der Waals surface area contributed by atoms with Crippen LogP contribution in [0.25, 0.3) is 0 Å². The topological polar surface area (TPSA) is 42.4 Å². The summed E-state index contributed by atoms with van der Waals surface area (Å²) in [6, 6.07) is 0. The Morgan fingerprint density at radius 1 is 1.52 bits per heavy atom. The monoisotopic (exact) mass is 326 g/mol. The number of amides is 1. The van der Waals surface area contributed by atoms with Crippen LogP contribution in [0.5, 0.6) is 0 Å². The minimum absolute atomic E-state index is 0.236. The first-order chi connectivity index (χ1) is 10.2. The lowest BCUT2D eigenvalue weighted by atomic mass is 9.79. The molecule has 0 aromatic carbocycles. The van der Waals surface area contributed by atoms with Crippen LogP contribution in [-0.2, 0) is 21.7 Å². The van der Waals surface area contributed by atoms with Gasteiger partial charge in [0.15, 0.2) is 0 Å². The van der Waals surface area contributed by atoms with Gasteiger partial charge in [0.05, 0.1) is 12.3 Å². The van der Waals surface area contributed by atoms with Crippen molar-refractivity contribution in [2.45, 2.75) is 31.4 Å². The van der Waals surface area contributed by atoms with E-state index in [1.54, 1.807) is 23.1 Å². The number of carbonyl (C=O) groups excluding carboxylic acids is 1. The Labute approximate surface area is 134 Å². The van der Waals surface area contributed by atoms with E-state index in [4.69, 9.17) is 4.74 Å². The second kappa shape index (κ2) is 6.67. The minimum Gasteiger partial charge on any atom is -0.381 e. The van der Waals surface area contributed by atoms with Gasteiger partial charge in [-0.1, -0.05) is 0 Å². The maximum atomic E-state index is 12.1. The van der Waals surface area contributed by atoms with Crippen LogP contribution in [0.3, 0.4) is 0 Å². The number of aromatic nitrogens is 1. The third-order valence-corrected chi connectivity index (χ3v) is 6.08. The van der Waals surface area contributed by atoms with Crippen molar-refractivity contribution in [3.05, 3.63) is 16.1 Å². The number of thiazole rings is 1. The van der Waals surface area contributed by atoms with Crippen LogP contribution in [0, 0.1) is 5.41 Å². The van der Waals surface area contributed by atoms with Gasteiger partial charge in [0.1, 0.15) is 5.01 Å². The minimum atomic E-state index is 0.236. The van der Waals surface area contributed by atoms with Crippen molar-refractivity contribution < 1.29 is 9.53 Å². The van der Waals surface area contributed by atoms with Gasteiger partial charge in [-0.3, -0.25) is 4.79 Å². The molecule has 6 heteroatoms. The molecule has 1 aromatic rings. The maximum Gasteiger partial charge on any atom is 0.222 e. The van der Waals surface area contributed by atoms with Gasteiger partial charge in [-0.05, 0) is 19.1 Å². The lowest BCUT2D eigenvalue weighted by Gasteiger charge is -2.39. The lowest BCUT2D eigenvalue weighted by Crippen LogP contribution is -2.47. The SMILES string of the molecule is CSCc1nc(CCN2CC3(CCOC3)CCC2=O)cs1. The molecule has 0 N–H and O–H groups in total. The molecule has 4 nitrogen and oxygen atoms in total. The number of hydrogen-bond donors (Lipinski definition) is 0. The molecule has 0 saturated carbocycles. The average molecular weight is 326 g/mol. The molecule has 2 aliphatic rings. The van der Waals surface area contributed by atoms with Crippen LogP contribution >= 0.6 is 23.1 Å². The molecule has 21 heavy (non-hydrogen) atoms. The van der Waals surface area contributed by atoms with E-state index in [9.17, 15) is 4.79 Å². The Balaban J connectivity index is 1.56. The zero-order chi connectivity index (χ0) is 14.7. The van der Waals surface area contributed by atoms with Crippen molar-refractivity contribution in [3.63, 3.8) is 0 Å². The van der Waals surface area contributed by atoms with E-state index in [2.05, 4.69) is 16.6 Å². The van der Waals surface area contributed by atoms with E-state index in [1.165, 1.54) is 5.01 Å². The number of hydrogen-bond acceptors (Lipinski definition) is 5. The molecule has 0 aliphatic carbocycles. The lowest BCUT2D eigenvalue weighted by molar-refractivity contribution is -0.137. The van der Waals surface area contributed by atoms with Crippen molar-refractivity contribution in [2.75, 3.05) is 32.6 Å². The fraction of sp³-hybridized carbons (Fsp3) is 0.733. The molecule has 3 rings (SSSR count). The van der Waals surface area contributed by atoms with Crippen LogP contribution < -0.4 is 0 Å². The van der Waals surface area contributed by atoms with Gasteiger partial charge < -0.3 is 9.64 Å². The van der Waals surface area contributed by atoms with Crippen LogP contribution in [0.15, 0.2) is 5.38 Å². The molecule has 2 aliphatic heterocycles. The summed E-state index contributed by atoms with van der Waals surface area (Å²) in [6.07, 6.45) is 5.74. The number of rotatable bonds is 5. The first-order valence-electron chi connectivity index (χ1n) is 7.49. The summed E-state index contributed by atoms with van der Waals surface area (Å²) < 4.78 is 5.56. The third-order valence-electron chi connectivity index (χ3n) is 4.44. The number of nitrogens with zero attached hydrogens (tertiary/aromatic N) is 2. The van der Waals surface area contributed by atoms with Gasteiger partial charge in [0.2, 0.25) is 5.91 Å². The molecule has 0 bridgehead atoms. The fourth-order valence-corrected chi connectivity index (χ4v) is 4.73. The van der Waals surface area contributed by atoms with Crippen molar-refractivity contribution >= 4 is 29.0 Å². The Kier molecular flexibility index (Phi) is 4.86. The number of likely N-dealkylation sites (tertiary alicyclic amines) is 1. The summed E-state index contributed by atoms with van der Waals surface area (Å²) in [5.74, 6) is 1.28. The molecule has 1 unspecified atom stereocenters. The number of ether oxygens (including phenoxy) is 1. The zero-order valence-corrected chi connectivity index (χ0v) is 14.1. The van der Waals surface area contributed by atoms with E-state index < -0.39 is 0 Å². The maximum absolute atomic E-state index is 12.1.